The number of rotatable bonds is 5. The molecule has 26 heavy (non-hydrogen) atoms. The van der Waals surface area contributed by atoms with Gasteiger partial charge in [0, 0.05) is 21.9 Å². The summed E-state index contributed by atoms with van der Waals surface area (Å²) in [6.07, 6.45) is 3.10. The molecule has 1 fully saturated rings. The standard InChI is InChI=1S/C19H26BrN3O2S/c1-12(2)17(22-20)19(25)23-11-26-10-16(23)18(24)21-15-9-5-7-13-6-3-4-8-14(13)15/h3-4,6,8,12,15-17,22H,5,7,9-11H2,1-2H3,(H,21,24)/t15-,16+,17+/m1/s1. The van der Waals surface area contributed by atoms with Crippen LogP contribution in [0.2, 0.25) is 0 Å². The number of hydrogen-bond acceptors (Lipinski definition) is 4. The normalized spacial score (nSPS) is 23.6. The van der Waals surface area contributed by atoms with E-state index in [4.69, 9.17) is 0 Å². The summed E-state index contributed by atoms with van der Waals surface area (Å²) in [4.78, 5) is 27.5. The Morgan fingerprint density at radius 3 is 2.81 bits per heavy atom. The summed E-state index contributed by atoms with van der Waals surface area (Å²) in [5, 5.41) is 3.21. The summed E-state index contributed by atoms with van der Waals surface area (Å²) >= 11 is 4.85. The fourth-order valence-corrected chi connectivity index (χ4v) is 5.57. The highest BCUT2D eigenvalue weighted by molar-refractivity contribution is 9.08. The first-order valence-corrected chi connectivity index (χ1v) is 11.1. The van der Waals surface area contributed by atoms with Crippen molar-refractivity contribution in [2.24, 2.45) is 5.92 Å². The maximum atomic E-state index is 13.0. The van der Waals surface area contributed by atoms with E-state index < -0.39 is 6.04 Å². The maximum absolute atomic E-state index is 13.0. The fourth-order valence-electron chi connectivity index (χ4n) is 3.69. The van der Waals surface area contributed by atoms with Crippen molar-refractivity contribution >= 4 is 39.7 Å². The van der Waals surface area contributed by atoms with E-state index in [1.54, 1.807) is 16.7 Å². The Bertz CT molecular complexity index is 670. The third-order valence-corrected chi connectivity index (χ3v) is 6.71. The molecule has 3 rings (SSSR count). The first kappa shape index (κ1) is 19.7. The molecule has 1 aliphatic carbocycles. The summed E-state index contributed by atoms with van der Waals surface area (Å²) < 4.78 is 2.91. The van der Waals surface area contributed by atoms with E-state index in [1.807, 2.05) is 19.9 Å². The first-order chi connectivity index (χ1) is 12.5. The van der Waals surface area contributed by atoms with Crippen molar-refractivity contribution in [3.8, 4) is 0 Å². The number of halogens is 1. The van der Waals surface area contributed by atoms with Gasteiger partial charge in [0.2, 0.25) is 11.8 Å². The minimum absolute atomic E-state index is 0.0222. The number of nitrogens with zero attached hydrogens (tertiary/aromatic N) is 1. The zero-order chi connectivity index (χ0) is 18.7. The molecule has 0 saturated carbocycles. The van der Waals surface area contributed by atoms with Crippen molar-refractivity contribution in [2.45, 2.75) is 51.2 Å². The van der Waals surface area contributed by atoms with Crippen LogP contribution in [0.3, 0.4) is 0 Å². The molecule has 0 aromatic heterocycles. The zero-order valence-electron chi connectivity index (χ0n) is 15.2. The monoisotopic (exact) mass is 439 g/mol. The van der Waals surface area contributed by atoms with Crippen molar-refractivity contribution in [1.82, 2.24) is 14.6 Å². The van der Waals surface area contributed by atoms with Gasteiger partial charge in [0.25, 0.3) is 0 Å². The Kier molecular flexibility index (Phi) is 6.64. The third-order valence-electron chi connectivity index (χ3n) is 5.20. The molecule has 5 nitrogen and oxygen atoms in total. The second kappa shape index (κ2) is 8.76. The van der Waals surface area contributed by atoms with Gasteiger partial charge in [-0.05, 0) is 36.3 Å². The maximum Gasteiger partial charge on any atom is 0.244 e. The molecule has 1 aromatic carbocycles. The number of nitrogens with one attached hydrogen (secondary N) is 2. The van der Waals surface area contributed by atoms with Gasteiger partial charge in [-0.15, -0.1) is 11.8 Å². The highest BCUT2D eigenvalue weighted by Crippen LogP contribution is 2.30. The highest BCUT2D eigenvalue weighted by atomic mass is 79.9. The Morgan fingerprint density at radius 2 is 2.08 bits per heavy atom. The number of hydrogen-bond donors (Lipinski definition) is 2. The van der Waals surface area contributed by atoms with E-state index in [-0.39, 0.29) is 29.8 Å². The predicted octanol–water partition coefficient (Wildman–Crippen LogP) is 3.01. The second-order valence-electron chi connectivity index (χ2n) is 7.31. The van der Waals surface area contributed by atoms with E-state index in [1.165, 1.54) is 11.1 Å². The van der Waals surface area contributed by atoms with Crippen molar-refractivity contribution in [3.05, 3.63) is 35.4 Å². The molecule has 0 spiro atoms. The molecular formula is C19H26BrN3O2S. The van der Waals surface area contributed by atoms with Gasteiger partial charge < -0.3 is 10.2 Å². The van der Waals surface area contributed by atoms with Gasteiger partial charge in [0.1, 0.15) is 6.04 Å². The van der Waals surface area contributed by atoms with Crippen LogP contribution in [-0.4, -0.2) is 40.4 Å². The van der Waals surface area contributed by atoms with Crippen LogP contribution in [0, 0.1) is 5.92 Å². The van der Waals surface area contributed by atoms with E-state index in [0.717, 1.165) is 19.3 Å². The predicted molar refractivity (Wildman–Crippen MR) is 109 cm³/mol. The van der Waals surface area contributed by atoms with Crippen LogP contribution in [0.1, 0.15) is 43.9 Å². The van der Waals surface area contributed by atoms with Crippen molar-refractivity contribution in [3.63, 3.8) is 0 Å². The van der Waals surface area contributed by atoms with Gasteiger partial charge in [0.15, 0.2) is 0 Å². The van der Waals surface area contributed by atoms with Gasteiger partial charge >= 0.3 is 0 Å². The summed E-state index contributed by atoms with van der Waals surface area (Å²) in [5.41, 5.74) is 2.54. The van der Waals surface area contributed by atoms with E-state index >= 15 is 0 Å². The summed E-state index contributed by atoms with van der Waals surface area (Å²) in [7, 11) is 0. The lowest BCUT2D eigenvalue weighted by molar-refractivity contribution is -0.140. The average Bonchev–Trinajstić information content (AvgIpc) is 3.12. The third kappa shape index (κ3) is 4.10. The minimum Gasteiger partial charge on any atom is -0.347 e. The lowest BCUT2D eigenvalue weighted by atomic mass is 9.87. The van der Waals surface area contributed by atoms with Crippen LogP contribution in [0.25, 0.3) is 0 Å². The molecule has 1 heterocycles. The zero-order valence-corrected chi connectivity index (χ0v) is 17.6. The molecule has 1 saturated heterocycles. The molecule has 0 radical (unpaired) electrons. The quantitative estimate of drug-likeness (QED) is 0.692. The Labute approximate surface area is 168 Å². The molecule has 2 N–H and O–H groups in total. The largest absolute Gasteiger partial charge is 0.347 e. The average molecular weight is 440 g/mol. The number of benzene rings is 1. The highest BCUT2D eigenvalue weighted by Gasteiger charge is 2.39. The summed E-state index contributed by atoms with van der Waals surface area (Å²) in [6, 6.07) is 7.64. The number of aryl methyl sites for hydroxylation is 1. The molecule has 7 heteroatoms. The molecule has 2 aliphatic rings. The van der Waals surface area contributed by atoms with Gasteiger partial charge in [-0.25, -0.2) is 4.34 Å². The van der Waals surface area contributed by atoms with Gasteiger partial charge in [-0.2, -0.15) is 0 Å². The summed E-state index contributed by atoms with van der Waals surface area (Å²) in [5.74, 6) is 1.30. The van der Waals surface area contributed by atoms with Gasteiger partial charge in [-0.1, -0.05) is 38.1 Å². The van der Waals surface area contributed by atoms with E-state index in [9.17, 15) is 9.59 Å². The van der Waals surface area contributed by atoms with Gasteiger partial charge in [-0.3, -0.25) is 9.59 Å². The Morgan fingerprint density at radius 1 is 1.31 bits per heavy atom. The molecule has 1 aliphatic heterocycles. The Hall–Kier alpha value is -1.05. The van der Waals surface area contributed by atoms with Crippen LogP contribution >= 0.6 is 27.9 Å². The molecule has 0 unspecified atom stereocenters. The molecule has 142 valence electrons. The molecule has 1 aromatic rings. The molecule has 2 amide bonds. The molecule has 3 atom stereocenters. The number of carbonyl (C=O) groups excluding carboxylic acids is 2. The van der Waals surface area contributed by atoms with E-state index in [0.29, 0.717) is 11.6 Å². The number of amides is 2. The second-order valence-corrected chi connectivity index (χ2v) is 8.76. The van der Waals surface area contributed by atoms with Crippen molar-refractivity contribution < 1.29 is 9.59 Å². The smallest absolute Gasteiger partial charge is 0.244 e. The molecular weight excluding hydrogens is 414 g/mol. The van der Waals surface area contributed by atoms with Crippen LogP contribution in [0.15, 0.2) is 24.3 Å². The van der Waals surface area contributed by atoms with E-state index in [2.05, 4.69) is 44.0 Å². The Balaban J connectivity index is 1.71. The van der Waals surface area contributed by atoms with Crippen LogP contribution in [-0.2, 0) is 16.0 Å². The topological polar surface area (TPSA) is 61.4 Å². The lowest BCUT2D eigenvalue weighted by Gasteiger charge is -2.31. The van der Waals surface area contributed by atoms with Crippen molar-refractivity contribution in [2.75, 3.05) is 11.6 Å². The summed E-state index contributed by atoms with van der Waals surface area (Å²) in [6.45, 7) is 3.99. The lowest BCUT2D eigenvalue weighted by Crippen LogP contribution is -2.53. The number of carbonyl (C=O) groups is 2. The SMILES string of the molecule is CC(C)[C@H](NBr)C(=O)N1CSC[C@H]1C(=O)N[C@@H]1CCCc2ccccc21. The van der Waals surface area contributed by atoms with Crippen LogP contribution in [0.5, 0.6) is 0 Å². The first-order valence-electron chi connectivity index (χ1n) is 9.15. The number of fused-ring (bicyclic) bond motifs is 1. The van der Waals surface area contributed by atoms with Crippen LogP contribution in [0.4, 0.5) is 0 Å². The van der Waals surface area contributed by atoms with Gasteiger partial charge in [0.05, 0.1) is 18.0 Å². The van der Waals surface area contributed by atoms with Crippen molar-refractivity contribution in [1.29, 1.82) is 0 Å². The fraction of sp³-hybridized carbons (Fsp3) is 0.579. The minimum atomic E-state index is -0.399. The van der Waals surface area contributed by atoms with Crippen LogP contribution < -0.4 is 9.66 Å². The number of thioether (sulfide) groups is 1. The molecule has 0 bridgehead atoms.